The van der Waals surface area contributed by atoms with Gasteiger partial charge in [-0.3, -0.25) is 4.79 Å². The molecule has 0 aromatic heterocycles. The second kappa shape index (κ2) is 5.22. The number of carbonyl (C=O) groups is 1. The molecule has 20 heavy (non-hydrogen) atoms. The maximum absolute atomic E-state index is 11.8. The van der Waals surface area contributed by atoms with Crippen molar-refractivity contribution in [3.8, 4) is 11.5 Å². The van der Waals surface area contributed by atoms with Gasteiger partial charge >= 0.3 is 0 Å². The van der Waals surface area contributed by atoms with E-state index in [4.69, 9.17) is 10.5 Å². The monoisotopic (exact) mass is 273 g/mol. The average Bonchev–Trinajstić information content (AvgIpc) is 2.47. The predicted molar refractivity (Wildman–Crippen MR) is 73.3 cm³/mol. The molecule has 1 unspecified atom stereocenters. The van der Waals surface area contributed by atoms with Crippen molar-refractivity contribution in [3.63, 3.8) is 0 Å². The molecule has 0 aliphatic carbocycles. The van der Waals surface area contributed by atoms with Gasteiger partial charge in [0.15, 0.2) is 5.60 Å². The Morgan fingerprint density at radius 2 is 1.85 bits per heavy atom. The Bertz CT molecular complexity index is 627. The zero-order valence-electron chi connectivity index (χ0n) is 10.9. The Morgan fingerprint density at radius 3 is 2.40 bits per heavy atom. The van der Waals surface area contributed by atoms with Crippen molar-refractivity contribution in [2.45, 2.75) is 5.60 Å². The summed E-state index contributed by atoms with van der Waals surface area (Å²) < 4.78 is 5.12. The maximum Gasteiger partial charge on any atom is 0.258 e. The van der Waals surface area contributed by atoms with Gasteiger partial charge in [0.25, 0.3) is 5.91 Å². The molecule has 5 nitrogen and oxygen atoms in total. The second-order valence-corrected chi connectivity index (χ2v) is 4.33. The van der Waals surface area contributed by atoms with Crippen LogP contribution < -0.4 is 10.5 Å². The molecule has 0 aliphatic heterocycles. The lowest BCUT2D eigenvalue weighted by Gasteiger charge is -2.27. The number of phenolic OH excluding ortho intramolecular Hbond substituents is 1. The summed E-state index contributed by atoms with van der Waals surface area (Å²) in [6, 6.07) is 12.4. The summed E-state index contributed by atoms with van der Waals surface area (Å²) in [5.74, 6) is -0.784. The van der Waals surface area contributed by atoms with E-state index >= 15 is 0 Å². The molecule has 0 fully saturated rings. The molecule has 4 N–H and O–H groups in total. The van der Waals surface area contributed by atoms with Gasteiger partial charge in [-0.2, -0.15) is 0 Å². The molecule has 104 valence electrons. The van der Waals surface area contributed by atoms with Crippen LogP contribution in [0.15, 0.2) is 48.5 Å². The van der Waals surface area contributed by atoms with Crippen molar-refractivity contribution in [1.29, 1.82) is 0 Å². The topological polar surface area (TPSA) is 92.8 Å². The van der Waals surface area contributed by atoms with Crippen molar-refractivity contribution in [2.24, 2.45) is 5.73 Å². The van der Waals surface area contributed by atoms with E-state index in [9.17, 15) is 15.0 Å². The van der Waals surface area contributed by atoms with Crippen LogP contribution in [-0.4, -0.2) is 23.2 Å². The summed E-state index contributed by atoms with van der Waals surface area (Å²) >= 11 is 0. The Balaban J connectivity index is 2.69. The van der Waals surface area contributed by atoms with E-state index in [1.807, 2.05) is 0 Å². The van der Waals surface area contributed by atoms with E-state index in [1.165, 1.54) is 25.3 Å². The molecule has 1 amide bonds. The molecule has 2 rings (SSSR count). The highest BCUT2D eigenvalue weighted by Gasteiger charge is 2.40. The fourth-order valence-electron chi connectivity index (χ4n) is 2.09. The van der Waals surface area contributed by atoms with Crippen LogP contribution in [0.4, 0.5) is 0 Å². The molecular weight excluding hydrogens is 258 g/mol. The summed E-state index contributed by atoms with van der Waals surface area (Å²) in [4.78, 5) is 11.8. The van der Waals surface area contributed by atoms with Crippen molar-refractivity contribution >= 4 is 5.91 Å². The van der Waals surface area contributed by atoms with Gasteiger partial charge in [-0.1, -0.05) is 30.3 Å². The first-order valence-corrected chi connectivity index (χ1v) is 5.95. The highest BCUT2D eigenvalue weighted by molar-refractivity contribution is 5.89. The molecule has 5 heteroatoms. The average molecular weight is 273 g/mol. The van der Waals surface area contributed by atoms with E-state index in [1.54, 1.807) is 30.3 Å². The number of rotatable bonds is 4. The van der Waals surface area contributed by atoms with Gasteiger partial charge in [-0.05, 0) is 17.7 Å². The molecule has 1 atom stereocenters. The van der Waals surface area contributed by atoms with Gasteiger partial charge in [-0.15, -0.1) is 0 Å². The number of phenols is 1. The SMILES string of the molecule is COc1cc(O)ccc1C(O)(C(N)=O)c1ccccc1. The molecule has 0 radical (unpaired) electrons. The molecule has 0 saturated carbocycles. The predicted octanol–water partition coefficient (Wildman–Crippen LogP) is 1.12. The lowest BCUT2D eigenvalue weighted by molar-refractivity contribution is -0.133. The van der Waals surface area contributed by atoms with Crippen molar-refractivity contribution in [2.75, 3.05) is 7.11 Å². The highest BCUT2D eigenvalue weighted by atomic mass is 16.5. The number of hydrogen-bond donors (Lipinski definition) is 3. The third-order valence-corrected chi connectivity index (χ3v) is 3.12. The number of ether oxygens (including phenoxy) is 1. The lowest BCUT2D eigenvalue weighted by atomic mass is 9.85. The lowest BCUT2D eigenvalue weighted by Crippen LogP contribution is -2.42. The summed E-state index contributed by atoms with van der Waals surface area (Å²) in [6.45, 7) is 0. The quantitative estimate of drug-likeness (QED) is 0.778. The van der Waals surface area contributed by atoms with E-state index < -0.39 is 11.5 Å². The van der Waals surface area contributed by atoms with Gasteiger partial charge in [0.1, 0.15) is 11.5 Å². The van der Waals surface area contributed by atoms with Crippen molar-refractivity contribution < 1.29 is 19.7 Å². The molecule has 0 bridgehead atoms. The molecule has 0 heterocycles. The third kappa shape index (κ3) is 2.19. The normalized spacial score (nSPS) is 13.5. The molecule has 0 spiro atoms. The van der Waals surface area contributed by atoms with Gasteiger partial charge in [-0.25, -0.2) is 0 Å². The third-order valence-electron chi connectivity index (χ3n) is 3.12. The molecule has 2 aromatic carbocycles. The minimum atomic E-state index is -2.03. The van der Waals surface area contributed by atoms with Crippen molar-refractivity contribution in [3.05, 3.63) is 59.7 Å². The number of amides is 1. The molecule has 0 saturated heterocycles. The van der Waals surface area contributed by atoms with Gasteiger partial charge < -0.3 is 20.7 Å². The first-order chi connectivity index (χ1) is 9.50. The highest BCUT2D eigenvalue weighted by Crippen LogP contribution is 2.37. The Morgan fingerprint density at radius 1 is 1.20 bits per heavy atom. The summed E-state index contributed by atoms with van der Waals surface area (Å²) in [5.41, 5.74) is 3.87. The van der Waals surface area contributed by atoms with Crippen LogP contribution in [0.5, 0.6) is 11.5 Å². The van der Waals surface area contributed by atoms with Gasteiger partial charge in [0.2, 0.25) is 0 Å². The van der Waals surface area contributed by atoms with Crippen LogP contribution in [0.2, 0.25) is 0 Å². The van der Waals surface area contributed by atoms with Crippen LogP contribution in [-0.2, 0) is 10.4 Å². The first kappa shape index (κ1) is 13.9. The zero-order valence-corrected chi connectivity index (χ0v) is 10.9. The van der Waals surface area contributed by atoms with Gasteiger partial charge in [0, 0.05) is 11.6 Å². The molecule has 0 aliphatic rings. The molecular formula is C15H15NO4. The standard InChI is InChI=1S/C15H15NO4/c1-20-13-9-11(17)7-8-12(13)15(19,14(16)18)10-5-3-2-4-6-10/h2-9,17,19H,1H3,(H2,16,18). The number of primary amides is 1. The van der Waals surface area contributed by atoms with Gasteiger partial charge in [0.05, 0.1) is 7.11 Å². The Hall–Kier alpha value is -2.53. The second-order valence-electron chi connectivity index (χ2n) is 4.33. The van der Waals surface area contributed by atoms with E-state index in [2.05, 4.69) is 0 Å². The minimum Gasteiger partial charge on any atom is -0.508 e. The summed E-state index contributed by atoms with van der Waals surface area (Å²) in [6.07, 6.45) is 0. The fourth-order valence-corrected chi connectivity index (χ4v) is 2.09. The van der Waals surface area contributed by atoms with E-state index in [0.717, 1.165) is 0 Å². The fraction of sp³-hybridized carbons (Fsp3) is 0.133. The smallest absolute Gasteiger partial charge is 0.258 e. The largest absolute Gasteiger partial charge is 0.508 e. The van der Waals surface area contributed by atoms with Crippen LogP contribution in [0, 0.1) is 0 Å². The summed E-state index contributed by atoms with van der Waals surface area (Å²) in [5, 5.41) is 20.3. The minimum absolute atomic E-state index is 0.0366. The van der Waals surface area contributed by atoms with Crippen LogP contribution in [0.25, 0.3) is 0 Å². The zero-order chi connectivity index (χ0) is 14.8. The molecule has 2 aromatic rings. The van der Waals surface area contributed by atoms with E-state index in [0.29, 0.717) is 5.56 Å². The van der Waals surface area contributed by atoms with E-state index in [-0.39, 0.29) is 17.1 Å². The number of carbonyl (C=O) groups excluding carboxylic acids is 1. The van der Waals surface area contributed by atoms with Crippen LogP contribution in [0.1, 0.15) is 11.1 Å². The van der Waals surface area contributed by atoms with Crippen LogP contribution in [0.3, 0.4) is 0 Å². The maximum atomic E-state index is 11.8. The first-order valence-electron chi connectivity index (χ1n) is 5.95. The Labute approximate surface area is 116 Å². The number of benzene rings is 2. The number of methoxy groups -OCH3 is 1. The number of aromatic hydroxyl groups is 1. The number of nitrogens with two attached hydrogens (primary N) is 1. The Kier molecular flexibility index (Phi) is 3.63. The van der Waals surface area contributed by atoms with Crippen molar-refractivity contribution in [1.82, 2.24) is 0 Å². The van der Waals surface area contributed by atoms with Crippen LogP contribution >= 0.6 is 0 Å². The number of aliphatic hydroxyl groups is 1. The summed E-state index contributed by atoms with van der Waals surface area (Å²) in [7, 11) is 1.38. The number of hydrogen-bond acceptors (Lipinski definition) is 4.